The highest BCUT2D eigenvalue weighted by molar-refractivity contribution is 5.87. The van der Waals surface area contributed by atoms with E-state index < -0.39 is 0 Å². The molecule has 2 rings (SSSR count). The van der Waals surface area contributed by atoms with Crippen molar-refractivity contribution in [3.05, 3.63) is 45.9 Å². The minimum absolute atomic E-state index is 0.00120. The molecule has 0 spiro atoms. The van der Waals surface area contributed by atoms with Crippen LogP contribution in [0.15, 0.2) is 29.2 Å². The van der Waals surface area contributed by atoms with Gasteiger partial charge in [0.1, 0.15) is 0 Å². The Hall–Kier alpha value is -1.57. The lowest BCUT2D eigenvalue weighted by molar-refractivity contribution is 1.23. The number of benzene rings is 1. The molecule has 2 heteroatoms. The summed E-state index contributed by atoms with van der Waals surface area (Å²) in [5.74, 6) is 0. The van der Waals surface area contributed by atoms with Crippen molar-refractivity contribution < 1.29 is 0 Å². The van der Waals surface area contributed by atoms with Gasteiger partial charge in [-0.1, -0.05) is 18.2 Å². The van der Waals surface area contributed by atoms with Gasteiger partial charge in [-0.25, -0.2) is 0 Å². The quantitative estimate of drug-likeness (QED) is 0.650. The van der Waals surface area contributed by atoms with E-state index in [0.717, 1.165) is 21.9 Å². The first kappa shape index (κ1) is 8.05. The van der Waals surface area contributed by atoms with Crippen LogP contribution in [0, 0.1) is 13.8 Å². The Bertz CT molecular complexity index is 511. The Morgan fingerprint density at radius 3 is 2.62 bits per heavy atom. The third-order valence-corrected chi connectivity index (χ3v) is 2.34. The standard InChI is InChI=1S/C11H11NO/c1-7-4-3-5-9-8(2)6-12-11(13)10(7)9/h3-6H,1-2H3,(H,12,13). The van der Waals surface area contributed by atoms with Crippen molar-refractivity contribution in [1.82, 2.24) is 4.98 Å². The van der Waals surface area contributed by atoms with Gasteiger partial charge in [0.05, 0.1) is 5.39 Å². The first-order valence-electron chi connectivity index (χ1n) is 4.28. The molecule has 2 nitrogen and oxygen atoms in total. The molecule has 1 aromatic carbocycles. The van der Waals surface area contributed by atoms with E-state index in [-0.39, 0.29) is 5.56 Å². The molecule has 0 amide bonds. The van der Waals surface area contributed by atoms with Gasteiger partial charge in [-0.15, -0.1) is 0 Å². The van der Waals surface area contributed by atoms with Crippen molar-refractivity contribution in [2.24, 2.45) is 0 Å². The van der Waals surface area contributed by atoms with Crippen LogP contribution in [-0.4, -0.2) is 4.98 Å². The van der Waals surface area contributed by atoms with Gasteiger partial charge in [-0.2, -0.15) is 0 Å². The molecule has 0 fully saturated rings. The number of H-pyrrole nitrogens is 1. The van der Waals surface area contributed by atoms with Gasteiger partial charge < -0.3 is 4.98 Å². The van der Waals surface area contributed by atoms with E-state index in [1.54, 1.807) is 6.20 Å². The van der Waals surface area contributed by atoms with Crippen molar-refractivity contribution in [2.45, 2.75) is 13.8 Å². The van der Waals surface area contributed by atoms with Crippen LogP contribution in [0.25, 0.3) is 10.8 Å². The number of rotatable bonds is 0. The zero-order chi connectivity index (χ0) is 9.42. The SMILES string of the molecule is Cc1c[nH]c(=O)c2c(C)cccc12. The van der Waals surface area contributed by atoms with E-state index in [0.29, 0.717) is 0 Å². The summed E-state index contributed by atoms with van der Waals surface area (Å²) in [6.07, 6.45) is 1.75. The molecular weight excluding hydrogens is 162 g/mol. The Labute approximate surface area is 76.2 Å². The van der Waals surface area contributed by atoms with E-state index in [9.17, 15) is 4.79 Å². The van der Waals surface area contributed by atoms with Crippen molar-refractivity contribution in [3.63, 3.8) is 0 Å². The second-order valence-electron chi connectivity index (χ2n) is 3.30. The Morgan fingerprint density at radius 1 is 1.15 bits per heavy atom. The molecule has 1 N–H and O–H groups in total. The predicted octanol–water partition coefficient (Wildman–Crippen LogP) is 2.14. The minimum Gasteiger partial charge on any atom is -0.328 e. The lowest BCUT2D eigenvalue weighted by Gasteiger charge is -2.02. The molecular formula is C11H11NO. The van der Waals surface area contributed by atoms with Crippen LogP contribution in [-0.2, 0) is 0 Å². The number of hydrogen-bond donors (Lipinski definition) is 1. The van der Waals surface area contributed by atoms with E-state index in [1.165, 1.54) is 0 Å². The lowest BCUT2D eigenvalue weighted by atomic mass is 10.0. The average molecular weight is 173 g/mol. The maximum atomic E-state index is 11.5. The maximum absolute atomic E-state index is 11.5. The molecule has 0 bridgehead atoms. The Morgan fingerprint density at radius 2 is 1.92 bits per heavy atom. The van der Waals surface area contributed by atoms with Crippen LogP contribution in [0.2, 0.25) is 0 Å². The van der Waals surface area contributed by atoms with Gasteiger partial charge >= 0.3 is 0 Å². The smallest absolute Gasteiger partial charge is 0.256 e. The Kier molecular flexibility index (Phi) is 1.69. The molecule has 13 heavy (non-hydrogen) atoms. The van der Waals surface area contributed by atoms with E-state index >= 15 is 0 Å². The van der Waals surface area contributed by atoms with Gasteiger partial charge in [0.2, 0.25) is 0 Å². The lowest BCUT2D eigenvalue weighted by Crippen LogP contribution is -2.07. The normalized spacial score (nSPS) is 10.6. The van der Waals surface area contributed by atoms with E-state index in [1.807, 2.05) is 32.0 Å². The van der Waals surface area contributed by atoms with Crippen LogP contribution in [0.1, 0.15) is 11.1 Å². The Balaban J connectivity index is 3.09. The summed E-state index contributed by atoms with van der Waals surface area (Å²) in [5.41, 5.74) is 2.14. The molecule has 1 aromatic heterocycles. The topological polar surface area (TPSA) is 32.9 Å². The number of aryl methyl sites for hydroxylation is 2. The number of aromatic nitrogens is 1. The molecule has 0 saturated heterocycles. The van der Waals surface area contributed by atoms with Crippen molar-refractivity contribution >= 4 is 10.8 Å². The number of pyridine rings is 1. The molecule has 0 aliphatic rings. The predicted molar refractivity (Wildman–Crippen MR) is 54.0 cm³/mol. The van der Waals surface area contributed by atoms with Crippen LogP contribution in [0.4, 0.5) is 0 Å². The van der Waals surface area contributed by atoms with Crippen LogP contribution < -0.4 is 5.56 Å². The minimum atomic E-state index is -0.00120. The highest BCUT2D eigenvalue weighted by atomic mass is 16.1. The van der Waals surface area contributed by atoms with Crippen molar-refractivity contribution in [2.75, 3.05) is 0 Å². The number of aromatic amines is 1. The summed E-state index contributed by atoms with van der Waals surface area (Å²) in [6, 6.07) is 5.91. The van der Waals surface area contributed by atoms with Crippen LogP contribution in [0.5, 0.6) is 0 Å². The summed E-state index contributed by atoms with van der Waals surface area (Å²) < 4.78 is 0. The average Bonchev–Trinajstić information content (AvgIpc) is 2.12. The van der Waals surface area contributed by atoms with Crippen molar-refractivity contribution in [1.29, 1.82) is 0 Å². The van der Waals surface area contributed by atoms with Crippen LogP contribution >= 0.6 is 0 Å². The van der Waals surface area contributed by atoms with Gasteiger partial charge in [0, 0.05) is 6.20 Å². The van der Waals surface area contributed by atoms with Gasteiger partial charge in [0.25, 0.3) is 5.56 Å². The van der Waals surface area contributed by atoms with E-state index in [2.05, 4.69) is 4.98 Å². The molecule has 66 valence electrons. The number of nitrogens with one attached hydrogen (secondary N) is 1. The van der Waals surface area contributed by atoms with Gasteiger partial charge in [-0.3, -0.25) is 4.79 Å². The molecule has 2 aromatic rings. The highest BCUT2D eigenvalue weighted by Gasteiger charge is 2.02. The van der Waals surface area contributed by atoms with Gasteiger partial charge in [0.15, 0.2) is 0 Å². The number of fused-ring (bicyclic) bond motifs is 1. The summed E-state index contributed by atoms with van der Waals surface area (Å²) in [4.78, 5) is 14.2. The largest absolute Gasteiger partial charge is 0.328 e. The second-order valence-corrected chi connectivity index (χ2v) is 3.30. The first-order valence-corrected chi connectivity index (χ1v) is 4.28. The second kappa shape index (κ2) is 2.73. The monoisotopic (exact) mass is 173 g/mol. The molecule has 0 unspecified atom stereocenters. The molecule has 0 radical (unpaired) electrons. The third-order valence-electron chi connectivity index (χ3n) is 2.34. The molecule has 0 aliphatic heterocycles. The summed E-state index contributed by atoms with van der Waals surface area (Å²) in [5, 5.41) is 1.85. The third kappa shape index (κ3) is 1.15. The first-order chi connectivity index (χ1) is 6.20. The fraction of sp³-hybridized carbons (Fsp3) is 0.182. The summed E-state index contributed by atoms with van der Waals surface area (Å²) in [7, 11) is 0. The maximum Gasteiger partial charge on any atom is 0.256 e. The molecule has 0 aliphatic carbocycles. The zero-order valence-corrected chi connectivity index (χ0v) is 7.72. The molecule has 0 atom stereocenters. The molecule has 0 saturated carbocycles. The number of hydrogen-bond acceptors (Lipinski definition) is 1. The fourth-order valence-corrected chi connectivity index (χ4v) is 1.62. The molecule has 1 heterocycles. The summed E-state index contributed by atoms with van der Waals surface area (Å²) >= 11 is 0. The van der Waals surface area contributed by atoms with Crippen LogP contribution in [0.3, 0.4) is 0 Å². The van der Waals surface area contributed by atoms with Gasteiger partial charge in [-0.05, 0) is 30.4 Å². The summed E-state index contributed by atoms with van der Waals surface area (Å²) in [6.45, 7) is 3.95. The zero-order valence-electron chi connectivity index (χ0n) is 7.72. The fourth-order valence-electron chi connectivity index (χ4n) is 1.62. The van der Waals surface area contributed by atoms with E-state index in [4.69, 9.17) is 0 Å². The van der Waals surface area contributed by atoms with Crippen molar-refractivity contribution in [3.8, 4) is 0 Å². The highest BCUT2D eigenvalue weighted by Crippen LogP contribution is 2.16.